The number of carbonyl (C=O) groups is 1. The summed E-state index contributed by atoms with van der Waals surface area (Å²) in [5.74, 6) is 0.304. The standard InChI is InChI=1S/C24H25ClN2O4S/c1-16(2)31-20-6-4-5-18(13-20)15-26-24(28)22-14-19(9-12-23(22)25)27-32(29,30)21-10-7-17(3)8-11-21/h4-14,16,27H,15H2,1-3H3,(H,26,28). The van der Waals surface area contributed by atoms with Crippen molar-refractivity contribution in [2.24, 2.45) is 0 Å². The van der Waals surface area contributed by atoms with Crippen LogP contribution < -0.4 is 14.8 Å². The number of carbonyl (C=O) groups excluding carboxylic acids is 1. The van der Waals surface area contributed by atoms with Crippen LogP contribution in [-0.2, 0) is 16.6 Å². The molecule has 0 heterocycles. The van der Waals surface area contributed by atoms with Crippen molar-refractivity contribution in [3.05, 3.63) is 88.4 Å². The van der Waals surface area contributed by atoms with Crippen molar-refractivity contribution in [3.63, 3.8) is 0 Å². The topological polar surface area (TPSA) is 84.5 Å². The van der Waals surface area contributed by atoms with Gasteiger partial charge in [-0.3, -0.25) is 9.52 Å². The van der Waals surface area contributed by atoms with Crippen LogP contribution in [0.5, 0.6) is 5.75 Å². The molecule has 0 aliphatic rings. The summed E-state index contributed by atoms with van der Waals surface area (Å²) in [6, 6.07) is 18.3. The number of nitrogens with one attached hydrogen (secondary N) is 2. The lowest BCUT2D eigenvalue weighted by Crippen LogP contribution is -2.23. The zero-order valence-electron chi connectivity index (χ0n) is 18.1. The molecular weight excluding hydrogens is 448 g/mol. The van der Waals surface area contributed by atoms with E-state index in [0.717, 1.165) is 16.9 Å². The van der Waals surface area contributed by atoms with Crippen LogP contribution in [0.2, 0.25) is 5.02 Å². The zero-order valence-corrected chi connectivity index (χ0v) is 19.6. The number of halogens is 1. The Balaban J connectivity index is 1.72. The molecule has 0 aromatic heterocycles. The van der Waals surface area contributed by atoms with Crippen LogP contribution in [0.25, 0.3) is 0 Å². The average Bonchev–Trinajstić information content (AvgIpc) is 2.73. The highest BCUT2D eigenvalue weighted by molar-refractivity contribution is 7.92. The quantitative estimate of drug-likeness (QED) is 0.474. The van der Waals surface area contributed by atoms with Gasteiger partial charge in [0, 0.05) is 12.2 Å². The maximum Gasteiger partial charge on any atom is 0.261 e. The van der Waals surface area contributed by atoms with Gasteiger partial charge in [0.15, 0.2) is 0 Å². The minimum absolute atomic E-state index is 0.0464. The van der Waals surface area contributed by atoms with Crippen LogP contribution in [0.4, 0.5) is 5.69 Å². The Hall–Kier alpha value is -3.03. The lowest BCUT2D eigenvalue weighted by atomic mass is 10.1. The predicted molar refractivity (Wildman–Crippen MR) is 127 cm³/mol. The van der Waals surface area contributed by atoms with Gasteiger partial charge in [-0.15, -0.1) is 0 Å². The SMILES string of the molecule is Cc1ccc(S(=O)(=O)Nc2ccc(Cl)c(C(=O)NCc3cccc(OC(C)C)c3)c2)cc1. The molecule has 0 bridgehead atoms. The summed E-state index contributed by atoms with van der Waals surface area (Å²) >= 11 is 6.20. The molecule has 0 aliphatic heterocycles. The summed E-state index contributed by atoms with van der Waals surface area (Å²) in [4.78, 5) is 12.9. The molecule has 0 atom stereocenters. The first-order valence-corrected chi connectivity index (χ1v) is 11.9. The number of hydrogen-bond acceptors (Lipinski definition) is 4. The summed E-state index contributed by atoms with van der Waals surface area (Å²) < 4.78 is 33.4. The van der Waals surface area contributed by atoms with Crippen LogP contribution in [0.1, 0.15) is 35.3 Å². The lowest BCUT2D eigenvalue weighted by Gasteiger charge is -2.13. The van der Waals surface area contributed by atoms with E-state index < -0.39 is 15.9 Å². The van der Waals surface area contributed by atoms with Crippen molar-refractivity contribution < 1.29 is 17.9 Å². The van der Waals surface area contributed by atoms with Gasteiger partial charge in [0.1, 0.15) is 5.75 Å². The highest BCUT2D eigenvalue weighted by atomic mass is 35.5. The number of sulfonamides is 1. The molecule has 0 saturated heterocycles. The first kappa shape index (κ1) is 23.6. The van der Waals surface area contributed by atoms with Crippen LogP contribution >= 0.6 is 11.6 Å². The third kappa shape index (κ3) is 6.24. The normalized spacial score (nSPS) is 11.3. The molecule has 0 saturated carbocycles. The highest BCUT2D eigenvalue weighted by Gasteiger charge is 2.17. The Morgan fingerprint density at radius 3 is 2.44 bits per heavy atom. The maximum absolute atomic E-state index is 12.7. The second-order valence-corrected chi connectivity index (χ2v) is 9.70. The van der Waals surface area contributed by atoms with Gasteiger partial charge < -0.3 is 10.1 Å². The van der Waals surface area contributed by atoms with Crippen molar-refractivity contribution in [3.8, 4) is 5.75 Å². The van der Waals surface area contributed by atoms with Gasteiger partial charge in [-0.25, -0.2) is 8.42 Å². The second kappa shape index (κ2) is 10.1. The van der Waals surface area contributed by atoms with E-state index in [-0.39, 0.29) is 33.8 Å². The number of rotatable bonds is 8. The number of ether oxygens (including phenoxy) is 1. The van der Waals surface area contributed by atoms with Crippen molar-refractivity contribution in [1.29, 1.82) is 0 Å². The summed E-state index contributed by atoms with van der Waals surface area (Å²) in [5, 5.41) is 3.03. The molecular formula is C24H25ClN2O4S. The number of hydrogen-bond donors (Lipinski definition) is 2. The summed E-state index contributed by atoms with van der Waals surface area (Å²) in [6.07, 6.45) is 0.0464. The van der Waals surface area contributed by atoms with Crippen molar-refractivity contribution in [2.45, 2.75) is 38.3 Å². The molecule has 0 fully saturated rings. The molecule has 0 unspecified atom stereocenters. The Morgan fingerprint density at radius 1 is 1.03 bits per heavy atom. The third-order valence-corrected chi connectivity index (χ3v) is 6.24. The summed E-state index contributed by atoms with van der Waals surface area (Å²) in [7, 11) is -3.79. The molecule has 3 aromatic carbocycles. The van der Waals surface area contributed by atoms with E-state index in [1.165, 1.54) is 30.3 Å². The summed E-state index contributed by atoms with van der Waals surface area (Å²) in [5.41, 5.74) is 2.23. The van der Waals surface area contributed by atoms with Gasteiger partial charge in [-0.1, -0.05) is 41.4 Å². The van der Waals surface area contributed by atoms with Crippen LogP contribution in [0, 0.1) is 6.92 Å². The Labute approximate surface area is 193 Å². The van der Waals surface area contributed by atoms with E-state index in [9.17, 15) is 13.2 Å². The van der Waals surface area contributed by atoms with Crippen LogP contribution in [0.15, 0.2) is 71.6 Å². The molecule has 6 nitrogen and oxygen atoms in total. The molecule has 0 spiro atoms. The van der Waals surface area contributed by atoms with E-state index >= 15 is 0 Å². The molecule has 3 aromatic rings. The minimum atomic E-state index is -3.79. The molecule has 0 aliphatic carbocycles. The minimum Gasteiger partial charge on any atom is -0.491 e. The van der Waals surface area contributed by atoms with Gasteiger partial charge in [0.2, 0.25) is 0 Å². The molecule has 32 heavy (non-hydrogen) atoms. The number of aryl methyl sites for hydroxylation is 1. The van der Waals surface area contributed by atoms with Gasteiger partial charge in [0.25, 0.3) is 15.9 Å². The first-order chi connectivity index (χ1) is 15.1. The highest BCUT2D eigenvalue weighted by Crippen LogP contribution is 2.23. The molecule has 0 radical (unpaired) electrons. The molecule has 1 amide bonds. The molecule has 3 rings (SSSR count). The van der Waals surface area contributed by atoms with Gasteiger partial charge in [-0.2, -0.15) is 0 Å². The Kier molecular flexibility index (Phi) is 7.43. The van der Waals surface area contributed by atoms with Gasteiger partial charge >= 0.3 is 0 Å². The largest absolute Gasteiger partial charge is 0.491 e. The molecule has 2 N–H and O–H groups in total. The maximum atomic E-state index is 12.7. The van der Waals surface area contributed by atoms with E-state index in [0.29, 0.717) is 0 Å². The van der Waals surface area contributed by atoms with Crippen molar-refractivity contribution >= 4 is 33.2 Å². The Morgan fingerprint density at radius 2 is 1.75 bits per heavy atom. The zero-order chi connectivity index (χ0) is 23.3. The fourth-order valence-electron chi connectivity index (χ4n) is 2.97. The van der Waals surface area contributed by atoms with Gasteiger partial charge in [-0.05, 0) is 68.8 Å². The Bertz CT molecular complexity index is 1210. The predicted octanol–water partition coefficient (Wildman–Crippen LogP) is 5.17. The molecule has 8 heteroatoms. The van der Waals surface area contributed by atoms with E-state index in [1.54, 1.807) is 12.1 Å². The van der Waals surface area contributed by atoms with Crippen LogP contribution in [-0.4, -0.2) is 20.4 Å². The monoisotopic (exact) mass is 472 g/mol. The molecule has 168 valence electrons. The van der Waals surface area contributed by atoms with Crippen molar-refractivity contribution in [1.82, 2.24) is 5.32 Å². The average molecular weight is 473 g/mol. The fourth-order valence-corrected chi connectivity index (χ4v) is 4.23. The second-order valence-electron chi connectivity index (χ2n) is 7.61. The van der Waals surface area contributed by atoms with Gasteiger partial charge in [0.05, 0.1) is 21.6 Å². The fraction of sp³-hybridized carbons (Fsp3) is 0.208. The van der Waals surface area contributed by atoms with E-state index in [4.69, 9.17) is 16.3 Å². The van der Waals surface area contributed by atoms with Crippen molar-refractivity contribution in [2.75, 3.05) is 4.72 Å². The van der Waals surface area contributed by atoms with Crippen LogP contribution in [0.3, 0.4) is 0 Å². The number of benzene rings is 3. The first-order valence-electron chi connectivity index (χ1n) is 10.1. The number of amides is 1. The van der Waals surface area contributed by atoms with E-state index in [2.05, 4.69) is 10.0 Å². The number of anilines is 1. The third-order valence-electron chi connectivity index (χ3n) is 4.52. The summed E-state index contributed by atoms with van der Waals surface area (Å²) in [6.45, 7) is 6.03. The smallest absolute Gasteiger partial charge is 0.261 e. The van der Waals surface area contributed by atoms with E-state index in [1.807, 2.05) is 45.0 Å². The lowest BCUT2D eigenvalue weighted by molar-refractivity contribution is 0.0951.